The van der Waals surface area contributed by atoms with Gasteiger partial charge in [0.2, 0.25) is 11.8 Å². The van der Waals surface area contributed by atoms with E-state index in [2.05, 4.69) is 5.32 Å². The van der Waals surface area contributed by atoms with Gasteiger partial charge >= 0.3 is 0 Å². The van der Waals surface area contributed by atoms with Crippen LogP contribution in [0.15, 0.2) is 0 Å². The minimum Gasteiger partial charge on any atom is -0.359 e. The van der Waals surface area contributed by atoms with E-state index in [1.54, 1.807) is 11.9 Å². The van der Waals surface area contributed by atoms with E-state index in [0.29, 0.717) is 25.9 Å². The number of nitrogens with zero attached hydrogens (tertiary/aromatic N) is 1. The Labute approximate surface area is 96.4 Å². The lowest BCUT2D eigenvalue weighted by molar-refractivity contribution is -0.133. The lowest BCUT2D eigenvalue weighted by Gasteiger charge is -2.24. The van der Waals surface area contributed by atoms with Crippen molar-refractivity contribution in [3.63, 3.8) is 0 Å². The lowest BCUT2D eigenvalue weighted by Crippen LogP contribution is -2.45. The van der Waals surface area contributed by atoms with Gasteiger partial charge < -0.3 is 16.0 Å². The Bertz CT molecular complexity index is 293. The average Bonchev–Trinajstić information content (AvgIpc) is 2.70. The average molecular weight is 227 g/mol. The molecular formula is C11H21N3O2. The molecule has 0 aliphatic carbocycles. The second-order valence-corrected chi connectivity index (χ2v) is 4.66. The number of carbonyl (C=O) groups excluding carboxylic acids is 2. The molecule has 16 heavy (non-hydrogen) atoms. The van der Waals surface area contributed by atoms with Crippen LogP contribution >= 0.6 is 0 Å². The number of carbonyl (C=O) groups is 2. The number of hydrogen-bond donors (Lipinski definition) is 2. The van der Waals surface area contributed by atoms with Gasteiger partial charge in [-0.25, -0.2) is 0 Å². The van der Waals surface area contributed by atoms with Gasteiger partial charge in [0.1, 0.15) is 0 Å². The molecule has 0 aromatic rings. The molecule has 1 unspecified atom stereocenters. The Hall–Kier alpha value is -1.10. The molecule has 1 aliphatic heterocycles. The molecule has 1 heterocycles. The second-order valence-electron chi connectivity index (χ2n) is 4.66. The van der Waals surface area contributed by atoms with E-state index < -0.39 is 11.5 Å². The van der Waals surface area contributed by atoms with Crippen molar-refractivity contribution in [3.8, 4) is 0 Å². The second kappa shape index (κ2) is 4.82. The molecule has 2 amide bonds. The maximum absolute atomic E-state index is 11.8. The highest BCUT2D eigenvalue weighted by Gasteiger charge is 2.42. The quantitative estimate of drug-likeness (QED) is 0.695. The van der Waals surface area contributed by atoms with Crippen LogP contribution in [-0.4, -0.2) is 42.9 Å². The molecule has 0 bridgehead atoms. The van der Waals surface area contributed by atoms with Gasteiger partial charge in [0.25, 0.3) is 0 Å². The van der Waals surface area contributed by atoms with Crippen LogP contribution in [0.3, 0.4) is 0 Å². The van der Waals surface area contributed by atoms with Crippen LogP contribution in [0.25, 0.3) is 0 Å². The highest BCUT2D eigenvalue weighted by atomic mass is 16.2. The monoisotopic (exact) mass is 227 g/mol. The highest BCUT2D eigenvalue weighted by Crippen LogP contribution is 2.30. The Morgan fingerprint density at radius 2 is 2.19 bits per heavy atom. The van der Waals surface area contributed by atoms with Crippen molar-refractivity contribution in [2.75, 3.05) is 20.1 Å². The summed E-state index contributed by atoms with van der Waals surface area (Å²) < 4.78 is 0. The number of amides is 2. The van der Waals surface area contributed by atoms with Crippen LogP contribution in [0.5, 0.6) is 0 Å². The zero-order valence-electron chi connectivity index (χ0n) is 10.2. The largest absolute Gasteiger partial charge is 0.359 e. The molecule has 0 radical (unpaired) electrons. The van der Waals surface area contributed by atoms with Gasteiger partial charge in [0.05, 0.1) is 11.5 Å². The summed E-state index contributed by atoms with van der Waals surface area (Å²) in [7, 11) is 1.62. The van der Waals surface area contributed by atoms with E-state index >= 15 is 0 Å². The molecule has 5 nitrogen and oxygen atoms in total. The summed E-state index contributed by atoms with van der Waals surface area (Å²) in [5.41, 5.74) is 5.24. The first-order valence-electron chi connectivity index (χ1n) is 5.71. The predicted molar refractivity (Wildman–Crippen MR) is 61.6 cm³/mol. The molecule has 5 heteroatoms. The van der Waals surface area contributed by atoms with Crippen LogP contribution < -0.4 is 11.1 Å². The van der Waals surface area contributed by atoms with Crippen molar-refractivity contribution >= 4 is 11.8 Å². The normalized spacial score (nSPS) is 26.6. The topological polar surface area (TPSA) is 75.4 Å². The summed E-state index contributed by atoms with van der Waals surface area (Å²) >= 11 is 0. The smallest absolute Gasteiger partial charge is 0.239 e. The summed E-state index contributed by atoms with van der Waals surface area (Å²) in [5.74, 6) is -0.0528. The molecule has 1 rings (SSSR count). The molecule has 0 aromatic heterocycles. The predicted octanol–water partition coefficient (Wildman–Crippen LogP) is -0.292. The van der Waals surface area contributed by atoms with Gasteiger partial charge in [-0.15, -0.1) is 0 Å². The minimum absolute atomic E-state index is 0.00660. The van der Waals surface area contributed by atoms with Crippen LogP contribution in [0.4, 0.5) is 0 Å². The summed E-state index contributed by atoms with van der Waals surface area (Å²) in [6.45, 7) is 4.86. The number of nitrogens with one attached hydrogen (secondary N) is 1. The van der Waals surface area contributed by atoms with E-state index in [1.807, 2.05) is 13.8 Å². The maximum Gasteiger partial charge on any atom is 0.239 e. The van der Waals surface area contributed by atoms with Gasteiger partial charge in [-0.3, -0.25) is 9.59 Å². The SMILES string of the molecule is CC[C@H](N)C(=O)N1CCC(C)(C(=O)NC)C1. The van der Waals surface area contributed by atoms with E-state index in [-0.39, 0.29) is 11.8 Å². The van der Waals surface area contributed by atoms with Crippen LogP contribution in [0.1, 0.15) is 26.7 Å². The third-order valence-corrected chi connectivity index (χ3v) is 3.32. The number of hydrogen-bond acceptors (Lipinski definition) is 3. The molecule has 0 saturated carbocycles. The summed E-state index contributed by atoms with van der Waals surface area (Å²) in [6, 6.07) is -0.438. The van der Waals surface area contributed by atoms with E-state index in [4.69, 9.17) is 5.73 Å². The Kier molecular flexibility index (Phi) is 3.91. The molecule has 0 aromatic carbocycles. The lowest BCUT2D eigenvalue weighted by atomic mass is 9.89. The van der Waals surface area contributed by atoms with E-state index in [1.165, 1.54) is 0 Å². The fourth-order valence-electron chi connectivity index (χ4n) is 2.05. The maximum atomic E-state index is 11.8. The van der Waals surface area contributed by atoms with Crippen molar-refractivity contribution in [2.45, 2.75) is 32.7 Å². The van der Waals surface area contributed by atoms with Gasteiger partial charge in [-0.1, -0.05) is 6.92 Å². The van der Waals surface area contributed by atoms with Crippen LogP contribution in [0, 0.1) is 5.41 Å². The number of likely N-dealkylation sites (tertiary alicyclic amines) is 1. The first-order chi connectivity index (χ1) is 7.44. The third kappa shape index (κ3) is 2.35. The molecule has 0 spiro atoms. The zero-order chi connectivity index (χ0) is 12.3. The van der Waals surface area contributed by atoms with E-state index in [0.717, 1.165) is 0 Å². The molecule has 1 fully saturated rings. The highest BCUT2D eigenvalue weighted by molar-refractivity contribution is 5.86. The Morgan fingerprint density at radius 1 is 1.56 bits per heavy atom. The number of nitrogens with two attached hydrogens (primary N) is 1. The Morgan fingerprint density at radius 3 is 2.69 bits per heavy atom. The third-order valence-electron chi connectivity index (χ3n) is 3.32. The van der Waals surface area contributed by atoms with Gasteiger partial charge in [0.15, 0.2) is 0 Å². The molecule has 1 saturated heterocycles. The molecule has 1 aliphatic rings. The van der Waals surface area contributed by atoms with Crippen LogP contribution in [0.2, 0.25) is 0 Å². The van der Waals surface area contributed by atoms with Crippen molar-refractivity contribution in [1.82, 2.24) is 10.2 Å². The standard InChI is InChI=1S/C11H21N3O2/c1-4-8(12)9(15)14-6-5-11(2,7-14)10(16)13-3/h8H,4-7,12H2,1-3H3,(H,13,16)/t8-,11?/m0/s1. The molecule has 2 atom stereocenters. The molecule has 3 N–H and O–H groups in total. The van der Waals surface area contributed by atoms with Crippen molar-refractivity contribution in [1.29, 1.82) is 0 Å². The minimum atomic E-state index is -0.460. The number of rotatable bonds is 3. The zero-order valence-corrected chi connectivity index (χ0v) is 10.2. The van der Waals surface area contributed by atoms with Crippen molar-refractivity contribution < 1.29 is 9.59 Å². The first kappa shape index (κ1) is 13.0. The molecular weight excluding hydrogens is 206 g/mol. The fraction of sp³-hybridized carbons (Fsp3) is 0.818. The fourth-order valence-corrected chi connectivity index (χ4v) is 2.05. The van der Waals surface area contributed by atoms with E-state index in [9.17, 15) is 9.59 Å². The van der Waals surface area contributed by atoms with Crippen molar-refractivity contribution in [3.05, 3.63) is 0 Å². The summed E-state index contributed by atoms with van der Waals surface area (Å²) in [6.07, 6.45) is 1.33. The summed E-state index contributed by atoms with van der Waals surface area (Å²) in [4.78, 5) is 25.2. The van der Waals surface area contributed by atoms with Crippen molar-refractivity contribution in [2.24, 2.45) is 11.1 Å². The van der Waals surface area contributed by atoms with Crippen LogP contribution in [-0.2, 0) is 9.59 Å². The van der Waals surface area contributed by atoms with Gasteiger partial charge in [-0.2, -0.15) is 0 Å². The van der Waals surface area contributed by atoms with Gasteiger partial charge in [-0.05, 0) is 19.8 Å². The summed E-state index contributed by atoms with van der Waals surface area (Å²) in [5, 5.41) is 2.64. The van der Waals surface area contributed by atoms with Gasteiger partial charge in [0, 0.05) is 20.1 Å². The Balaban J connectivity index is 2.65. The first-order valence-corrected chi connectivity index (χ1v) is 5.71. The molecule has 92 valence electrons.